The summed E-state index contributed by atoms with van der Waals surface area (Å²) in [4.78, 5) is 0. The largest absolute Gasteiger partial charge is 0.496 e. The molecule has 94 valence electrons. The highest BCUT2D eigenvalue weighted by Gasteiger charge is 2.25. The molecule has 0 aliphatic carbocycles. The molecule has 4 heteroatoms. The van der Waals surface area contributed by atoms with E-state index in [9.17, 15) is 0 Å². The summed E-state index contributed by atoms with van der Waals surface area (Å²) in [5.41, 5.74) is 2.31. The van der Waals surface area contributed by atoms with Crippen LogP contribution in [-0.2, 0) is 0 Å². The Balaban J connectivity index is 2.53. The Morgan fingerprint density at radius 3 is 2.65 bits per heavy atom. The first-order valence-corrected chi connectivity index (χ1v) is 6.60. The lowest BCUT2D eigenvalue weighted by molar-refractivity contribution is 0.391. The zero-order valence-corrected chi connectivity index (χ0v) is 12.1. The fourth-order valence-corrected chi connectivity index (χ4v) is 3.44. The zero-order chi connectivity index (χ0) is 12.4. The van der Waals surface area contributed by atoms with Gasteiger partial charge in [-0.15, -0.1) is 0 Å². The van der Waals surface area contributed by atoms with Gasteiger partial charge in [0.05, 0.1) is 18.7 Å². The first kappa shape index (κ1) is 12.7. The maximum atomic E-state index is 5.51. The molecule has 0 spiro atoms. The molecule has 1 heterocycles. The standard InChI is InChI=1S/C13H18BrNO2/c1-8-6-10(16-2)11(9-4-5-15-7-9)12(14)13(8)17-3/h6,9,15H,4-5,7H2,1-3H3. The molecule has 1 aliphatic rings. The molecule has 17 heavy (non-hydrogen) atoms. The highest BCUT2D eigenvalue weighted by atomic mass is 79.9. The number of rotatable bonds is 3. The van der Waals surface area contributed by atoms with E-state index < -0.39 is 0 Å². The predicted molar refractivity (Wildman–Crippen MR) is 72.2 cm³/mol. The summed E-state index contributed by atoms with van der Waals surface area (Å²) >= 11 is 3.66. The Kier molecular flexibility index (Phi) is 3.94. The maximum absolute atomic E-state index is 5.51. The third-order valence-corrected chi connectivity index (χ3v) is 4.09. The van der Waals surface area contributed by atoms with E-state index in [0.717, 1.165) is 41.0 Å². The smallest absolute Gasteiger partial charge is 0.136 e. The van der Waals surface area contributed by atoms with Crippen LogP contribution in [0.15, 0.2) is 10.5 Å². The lowest BCUT2D eigenvalue weighted by atomic mass is 9.95. The minimum Gasteiger partial charge on any atom is -0.496 e. The third kappa shape index (κ3) is 2.29. The molecular formula is C13H18BrNO2. The molecular weight excluding hydrogens is 282 g/mol. The van der Waals surface area contributed by atoms with Gasteiger partial charge in [0, 0.05) is 18.0 Å². The molecule has 0 bridgehead atoms. The van der Waals surface area contributed by atoms with Gasteiger partial charge in [-0.05, 0) is 47.4 Å². The second-order valence-corrected chi connectivity index (χ2v) is 5.14. The van der Waals surface area contributed by atoms with Gasteiger partial charge in [-0.1, -0.05) is 0 Å². The minimum atomic E-state index is 0.494. The van der Waals surface area contributed by atoms with Gasteiger partial charge in [0.15, 0.2) is 0 Å². The van der Waals surface area contributed by atoms with Crippen molar-refractivity contribution in [1.29, 1.82) is 0 Å². The summed E-state index contributed by atoms with van der Waals surface area (Å²) < 4.78 is 12.0. The van der Waals surface area contributed by atoms with Crippen LogP contribution in [0.4, 0.5) is 0 Å². The van der Waals surface area contributed by atoms with Crippen LogP contribution in [0.5, 0.6) is 11.5 Å². The van der Waals surface area contributed by atoms with Crippen LogP contribution in [0.3, 0.4) is 0 Å². The highest BCUT2D eigenvalue weighted by molar-refractivity contribution is 9.10. The molecule has 1 unspecified atom stereocenters. The van der Waals surface area contributed by atoms with E-state index in [1.54, 1.807) is 14.2 Å². The van der Waals surface area contributed by atoms with Crippen molar-refractivity contribution in [2.75, 3.05) is 27.3 Å². The first-order valence-electron chi connectivity index (χ1n) is 5.80. The summed E-state index contributed by atoms with van der Waals surface area (Å²) in [5.74, 6) is 2.35. The van der Waals surface area contributed by atoms with Crippen LogP contribution >= 0.6 is 15.9 Å². The molecule has 1 fully saturated rings. The number of aryl methyl sites for hydroxylation is 1. The summed E-state index contributed by atoms with van der Waals surface area (Å²) in [5, 5.41) is 3.38. The van der Waals surface area contributed by atoms with Crippen LogP contribution in [0.2, 0.25) is 0 Å². The third-order valence-electron chi connectivity index (χ3n) is 3.30. The average Bonchev–Trinajstić information content (AvgIpc) is 2.82. The van der Waals surface area contributed by atoms with Gasteiger partial charge >= 0.3 is 0 Å². The number of hydrogen-bond donors (Lipinski definition) is 1. The van der Waals surface area contributed by atoms with Crippen LogP contribution in [0.1, 0.15) is 23.5 Å². The van der Waals surface area contributed by atoms with Gasteiger partial charge < -0.3 is 14.8 Å². The molecule has 1 aliphatic heterocycles. The number of benzene rings is 1. The van der Waals surface area contributed by atoms with Gasteiger partial charge in [-0.2, -0.15) is 0 Å². The fourth-order valence-electron chi connectivity index (χ4n) is 2.44. The van der Waals surface area contributed by atoms with E-state index in [2.05, 4.69) is 27.3 Å². The van der Waals surface area contributed by atoms with Crippen molar-refractivity contribution < 1.29 is 9.47 Å². The van der Waals surface area contributed by atoms with Crippen LogP contribution in [-0.4, -0.2) is 27.3 Å². The minimum absolute atomic E-state index is 0.494. The van der Waals surface area contributed by atoms with E-state index in [0.29, 0.717) is 5.92 Å². The second kappa shape index (κ2) is 5.27. The van der Waals surface area contributed by atoms with Crippen molar-refractivity contribution >= 4 is 15.9 Å². The maximum Gasteiger partial charge on any atom is 0.136 e. The van der Waals surface area contributed by atoms with Crippen molar-refractivity contribution in [3.8, 4) is 11.5 Å². The van der Waals surface area contributed by atoms with Crippen LogP contribution < -0.4 is 14.8 Å². The lowest BCUT2D eigenvalue weighted by Gasteiger charge is -2.19. The quantitative estimate of drug-likeness (QED) is 0.931. The Morgan fingerprint density at radius 2 is 2.12 bits per heavy atom. The van der Waals surface area contributed by atoms with E-state index >= 15 is 0 Å². The SMILES string of the molecule is COc1cc(C)c(OC)c(Br)c1C1CCNC1. The number of nitrogens with one attached hydrogen (secondary N) is 1. The zero-order valence-electron chi connectivity index (χ0n) is 10.5. The Hall–Kier alpha value is -0.740. The van der Waals surface area contributed by atoms with Gasteiger partial charge in [-0.25, -0.2) is 0 Å². The molecule has 1 atom stereocenters. The van der Waals surface area contributed by atoms with E-state index in [1.165, 1.54) is 5.56 Å². The fraction of sp³-hybridized carbons (Fsp3) is 0.538. The number of hydrogen-bond acceptors (Lipinski definition) is 3. The van der Waals surface area contributed by atoms with Crippen molar-refractivity contribution in [2.24, 2.45) is 0 Å². The molecule has 1 aromatic rings. The Morgan fingerprint density at radius 1 is 1.35 bits per heavy atom. The van der Waals surface area contributed by atoms with Crippen molar-refractivity contribution in [2.45, 2.75) is 19.3 Å². The Labute approximate surface area is 111 Å². The summed E-state index contributed by atoms with van der Waals surface area (Å²) in [7, 11) is 3.43. The van der Waals surface area contributed by atoms with Crippen molar-refractivity contribution in [3.63, 3.8) is 0 Å². The van der Waals surface area contributed by atoms with Gasteiger partial charge in [0.25, 0.3) is 0 Å². The number of methoxy groups -OCH3 is 2. The molecule has 0 radical (unpaired) electrons. The average molecular weight is 300 g/mol. The van der Waals surface area contributed by atoms with E-state index in [1.807, 2.05) is 6.92 Å². The Bertz CT molecular complexity index is 414. The van der Waals surface area contributed by atoms with Crippen molar-refractivity contribution in [1.82, 2.24) is 5.32 Å². The topological polar surface area (TPSA) is 30.5 Å². The molecule has 1 N–H and O–H groups in total. The normalized spacial score (nSPS) is 19.4. The molecule has 1 aromatic carbocycles. The molecule has 0 saturated carbocycles. The molecule has 2 rings (SSSR count). The van der Waals surface area contributed by atoms with E-state index in [4.69, 9.17) is 9.47 Å². The van der Waals surface area contributed by atoms with Gasteiger partial charge in [0.2, 0.25) is 0 Å². The molecule has 0 amide bonds. The predicted octanol–water partition coefficient (Wildman–Crippen LogP) is 2.85. The monoisotopic (exact) mass is 299 g/mol. The number of ether oxygens (including phenoxy) is 2. The highest BCUT2D eigenvalue weighted by Crippen LogP contribution is 2.43. The second-order valence-electron chi connectivity index (χ2n) is 4.35. The summed E-state index contributed by atoms with van der Waals surface area (Å²) in [6.45, 7) is 4.10. The number of halogens is 1. The van der Waals surface area contributed by atoms with Crippen LogP contribution in [0, 0.1) is 6.92 Å². The first-order chi connectivity index (χ1) is 8.19. The molecule has 1 saturated heterocycles. The van der Waals surface area contributed by atoms with Crippen LogP contribution in [0.25, 0.3) is 0 Å². The molecule has 0 aromatic heterocycles. The van der Waals surface area contributed by atoms with Gasteiger partial charge in [-0.3, -0.25) is 0 Å². The summed E-state index contributed by atoms with van der Waals surface area (Å²) in [6.07, 6.45) is 1.14. The molecule has 3 nitrogen and oxygen atoms in total. The van der Waals surface area contributed by atoms with Gasteiger partial charge in [0.1, 0.15) is 11.5 Å². The lowest BCUT2D eigenvalue weighted by Crippen LogP contribution is -2.10. The van der Waals surface area contributed by atoms with Crippen molar-refractivity contribution in [3.05, 3.63) is 21.7 Å². The van der Waals surface area contributed by atoms with E-state index in [-0.39, 0.29) is 0 Å². The summed E-state index contributed by atoms with van der Waals surface area (Å²) in [6, 6.07) is 2.05.